The Morgan fingerprint density at radius 3 is 2.08 bits per heavy atom. The summed E-state index contributed by atoms with van der Waals surface area (Å²) in [6, 6.07) is 10.5. The molecule has 6 nitrogen and oxygen atoms in total. The van der Waals surface area contributed by atoms with E-state index in [2.05, 4.69) is 15.6 Å². The van der Waals surface area contributed by atoms with E-state index in [-0.39, 0.29) is 12.2 Å². The monoisotopic (exact) mass is 388 g/mol. The topological polar surface area (TPSA) is 76.7 Å². The number of carbonyl (C=O) groups excluding carboxylic acids is 2. The molecule has 138 valence electrons. The van der Waals surface area contributed by atoms with Gasteiger partial charge in [-0.2, -0.15) is 0 Å². The smallest absolute Gasteiger partial charge is 0.484 e. The predicted octanol–water partition coefficient (Wildman–Crippen LogP) is 3.08. The lowest BCUT2D eigenvalue weighted by molar-refractivity contribution is -0.274. The van der Waals surface area contributed by atoms with Crippen molar-refractivity contribution < 1.29 is 32.2 Å². The van der Waals surface area contributed by atoms with Crippen LogP contribution in [0.25, 0.3) is 0 Å². The first-order chi connectivity index (χ1) is 12.2. The van der Waals surface area contributed by atoms with Gasteiger partial charge in [0.05, 0.1) is 0 Å². The molecule has 0 unspecified atom stereocenters. The number of benzene rings is 2. The van der Waals surface area contributed by atoms with Gasteiger partial charge in [-0.1, -0.05) is 11.6 Å². The molecule has 0 atom stereocenters. The minimum atomic E-state index is -4.82. The van der Waals surface area contributed by atoms with E-state index in [1.54, 1.807) is 24.3 Å². The van der Waals surface area contributed by atoms with Gasteiger partial charge in [0.1, 0.15) is 11.5 Å². The van der Waals surface area contributed by atoms with Crippen molar-refractivity contribution in [1.82, 2.24) is 10.9 Å². The van der Waals surface area contributed by atoms with Crippen molar-refractivity contribution in [2.24, 2.45) is 0 Å². The van der Waals surface area contributed by atoms with Crippen LogP contribution in [0.1, 0.15) is 10.4 Å². The fourth-order valence-corrected chi connectivity index (χ4v) is 1.85. The molecule has 2 amide bonds. The first-order valence-electron chi connectivity index (χ1n) is 7.06. The molecule has 0 radical (unpaired) electrons. The molecule has 2 N–H and O–H groups in total. The Balaban J connectivity index is 1.78. The number of halogens is 4. The summed E-state index contributed by atoms with van der Waals surface area (Å²) >= 11 is 5.71. The molecule has 0 saturated heterocycles. The second kappa shape index (κ2) is 8.43. The molecule has 0 aliphatic heterocycles. The third-order valence-corrected chi connectivity index (χ3v) is 3.10. The molecule has 0 aliphatic carbocycles. The maximum absolute atomic E-state index is 12.1. The van der Waals surface area contributed by atoms with Crippen LogP contribution in [0, 0.1) is 0 Å². The van der Waals surface area contributed by atoms with Gasteiger partial charge in [-0.05, 0) is 48.5 Å². The van der Waals surface area contributed by atoms with Crippen molar-refractivity contribution in [2.75, 3.05) is 6.61 Å². The number of alkyl halides is 3. The van der Waals surface area contributed by atoms with Gasteiger partial charge in [-0.25, -0.2) is 0 Å². The SMILES string of the molecule is O=C(COc1ccc(Cl)cc1)NNC(=O)c1ccc(OC(F)(F)F)cc1. The van der Waals surface area contributed by atoms with Gasteiger partial charge in [-0.3, -0.25) is 20.4 Å². The Kier molecular flexibility index (Phi) is 6.29. The van der Waals surface area contributed by atoms with Crippen LogP contribution >= 0.6 is 11.6 Å². The van der Waals surface area contributed by atoms with Crippen molar-refractivity contribution in [1.29, 1.82) is 0 Å². The van der Waals surface area contributed by atoms with Gasteiger partial charge in [0.2, 0.25) is 0 Å². The highest BCUT2D eigenvalue weighted by Gasteiger charge is 2.31. The molecular formula is C16H12ClF3N2O4. The molecule has 0 spiro atoms. The molecule has 0 saturated carbocycles. The van der Waals surface area contributed by atoms with Crippen LogP contribution in [-0.4, -0.2) is 24.8 Å². The summed E-state index contributed by atoms with van der Waals surface area (Å²) in [5.74, 6) is -1.40. The maximum Gasteiger partial charge on any atom is 0.573 e. The van der Waals surface area contributed by atoms with E-state index in [1.807, 2.05) is 0 Å². The van der Waals surface area contributed by atoms with Crippen LogP contribution in [0.3, 0.4) is 0 Å². The van der Waals surface area contributed by atoms with Crippen LogP contribution in [0.4, 0.5) is 13.2 Å². The second-order valence-electron chi connectivity index (χ2n) is 4.82. The zero-order chi connectivity index (χ0) is 19.2. The Labute approximate surface area is 150 Å². The summed E-state index contributed by atoms with van der Waals surface area (Å²) in [4.78, 5) is 23.4. The van der Waals surface area contributed by atoms with E-state index in [0.29, 0.717) is 10.8 Å². The van der Waals surface area contributed by atoms with Crippen molar-refractivity contribution in [3.63, 3.8) is 0 Å². The van der Waals surface area contributed by atoms with Gasteiger partial charge in [-0.15, -0.1) is 13.2 Å². The van der Waals surface area contributed by atoms with Crippen LogP contribution in [0.2, 0.25) is 5.02 Å². The number of rotatable bonds is 5. The highest BCUT2D eigenvalue weighted by molar-refractivity contribution is 6.30. The summed E-state index contributed by atoms with van der Waals surface area (Å²) in [5.41, 5.74) is 4.25. The molecule has 10 heteroatoms. The van der Waals surface area contributed by atoms with Gasteiger partial charge in [0.25, 0.3) is 11.8 Å². The molecule has 2 aromatic carbocycles. The van der Waals surface area contributed by atoms with E-state index in [4.69, 9.17) is 16.3 Å². The molecular weight excluding hydrogens is 377 g/mol. The van der Waals surface area contributed by atoms with E-state index in [9.17, 15) is 22.8 Å². The minimum Gasteiger partial charge on any atom is -0.484 e. The van der Waals surface area contributed by atoms with Crippen molar-refractivity contribution in [2.45, 2.75) is 6.36 Å². The summed E-state index contributed by atoms with van der Waals surface area (Å²) in [6.07, 6.45) is -4.82. The zero-order valence-electron chi connectivity index (χ0n) is 13.0. The molecule has 0 aliphatic rings. The number of hydrogen-bond donors (Lipinski definition) is 2. The summed E-state index contributed by atoms with van der Waals surface area (Å²) in [7, 11) is 0. The standard InChI is InChI=1S/C16H12ClF3N2O4/c17-11-3-7-12(8-4-11)25-9-14(23)21-22-15(24)10-1-5-13(6-2-10)26-16(18,19)20/h1-8H,9H2,(H,21,23)(H,22,24). The Hall–Kier alpha value is -2.94. The van der Waals surface area contributed by atoms with E-state index < -0.39 is 23.9 Å². The first kappa shape index (κ1) is 19.4. The van der Waals surface area contributed by atoms with Crippen molar-refractivity contribution in [3.8, 4) is 11.5 Å². The lowest BCUT2D eigenvalue weighted by atomic mass is 10.2. The Morgan fingerprint density at radius 2 is 1.50 bits per heavy atom. The van der Waals surface area contributed by atoms with Gasteiger partial charge < -0.3 is 9.47 Å². The van der Waals surface area contributed by atoms with E-state index in [0.717, 1.165) is 24.3 Å². The van der Waals surface area contributed by atoms with Gasteiger partial charge in [0.15, 0.2) is 6.61 Å². The molecule has 0 fully saturated rings. The molecule has 26 heavy (non-hydrogen) atoms. The number of hydrazine groups is 1. The first-order valence-corrected chi connectivity index (χ1v) is 7.44. The number of carbonyl (C=O) groups is 2. The van der Waals surface area contributed by atoms with Crippen LogP contribution in [-0.2, 0) is 4.79 Å². The number of ether oxygens (including phenoxy) is 2. The number of amides is 2. The third kappa shape index (κ3) is 6.52. The average molecular weight is 389 g/mol. The molecule has 0 aromatic heterocycles. The Morgan fingerprint density at radius 1 is 0.923 bits per heavy atom. The number of hydrogen-bond acceptors (Lipinski definition) is 4. The summed E-state index contributed by atoms with van der Waals surface area (Å²) in [5, 5.41) is 0.515. The fraction of sp³-hybridized carbons (Fsp3) is 0.125. The Bertz CT molecular complexity index is 765. The average Bonchev–Trinajstić information content (AvgIpc) is 2.58. The van der Waals surface area contributed by atoms with Crippen LogP contribution < -0.4 is 20.3 Å². The second-order valence-corrected chi connectivity index (χ2v) is 5.25. The summed E-state index contributed by atoms with van der Waals surface area (Å²) < 4.78 is 45.0. The minimum absolute atomic E-state index is 0.0263. The van der Waals surface area contributed by atoms with Crippen molar-refractivity contribution in [3.05, 3.63) is 59.1 Å². The fourth-order valence-electron chi connectivity index (χ4n) is 1.72. The zero-order valence-corrected chi connectivity index (χ0v) is 13.7. The highest BCUT2D eigenvalue weighted by atomic mass is 35.5. The van der Waals surface area contributed by atoms with Gasteiger partial charge in [0, 0.05) is 10.6 Å². The predicted molar refractivity (Wildman–Crippen MR) is 85.7 cm³/mol. The van der Waals surface area contributed by atoms with E-state index in [1.165, 1.54) is 0 Å². The van der Waals surface area contributed by atoms with Crippen molar-refractivity contribution >= 4 is 23.4 Å². The quantitative estimate of drug-likeness (QED) is 0.772. The highest BCUT2D eigenvalue weighted by Crippen LogP contribution is 2.22. The van der Waals surface area contributed by atoms with E-state index >= 15 is 0 Å². The largest absolute Gasteiger partial charge is 0.573 e. The van der Waals surface area contributed by atoms with Crippen LogP contribution in [0.5, 0.6) is 11.5 Å². The third-order valence-electron chi connectivity index (χ3n) is 2.85. The molecule has 2 aromatic rings. The van der Waals surface area contributed by atoms with Crippen LogP contribution in [0.15, 0.2) is 48.5 Å². The summed E-state index contributed by atoms with van der Waals surface area (Å²) in [6.45, 7) is -0.361. The maximum atomic E-state index is 12.1. The molecule has 2 rings (SSSR count). The van der Waals surface area contributed by atoms with Gasteiger partial charge >= 0.3 is 6.36 Å². The molecule has 0 bridgehead atoms. The lowest BCUT2D eigenvalue weighted by Crippen LogP contribution is -2.43. The normalized spacial score (nSPS) is 10.8. The lowest BCUT2D eigenvalue weighted by Gasteiger charge is -2.10. The molecule has 0 heterocycles. The number of nitrogens with one attached hydrogen (secondary N) is 2.